The first-order valence-electron chi connectivity index (χ1n) is 15.1. The Morgan fingerprint density at radius 1 is 0.605 bits per heavy atom. The van der Waals surface area contributed by atoms with Crippen LogP contribution in [0, 0.1) is 11.3 Å². The van der Waals surface area contributed by atoms with Gasteiger partial charge in [-0.15, -0.1) is 0 Å². The first-order chi connectivity index (χ1) is 17.7. The van der Waals surface area contributed by atoms with E-state index in [0.29, 0.717) is 5.41 Å². The third-order valence-corrected chi connectivity index (χ3v) is 6.12. The molecule has 218 valence electrons. The molecule has 0 aliphatic rings. The summed E-state index contributed by atoms with van der Waals surface area (Å²) in [5.41, 5.74) is 3.49. The van der Waals surface area contributed by atoms with Crippen LogP contribution in [0.4, 0.5) is 0 Å². The Labute approximate surface area is 239 Å². The van der Waals surface area contributed by atoms with Crippen molar-refractivity contribution in [2.75, 3.05) is 0 Å². The molecular weight excluding hydrogens is 458 g/mol. The van der Waals surface area contributed by atoms with Crippen molar-refractivity contribution in [3.8, 4) is 0 Å². The molecule has 0 spiro atoms. The normalized spacial score (nSPS) is 11.3. The topological polar surface area (TPSA) is 12.9 Å². The molecule has 0 aliphatic heterocycles. The first-order valence-corrected chi connectivity index (χ1v) is 15.1. The van der Waals surface area contributed by atoms with Gasteiger partial charge in [0.2, 0.25) is 0 Å². The molecule has 1 nitrogen and oxygen atoms in total. The highest BCUT2D eigenvalue weighted by atomic mass is 14.7. The van der Waals surface area contributed by atoms with Gasteiger partial charge in [0, 0.05) is 17.3 Å². The summed E-state index contributed by atoms with van der Waals surface area (Å²) in [4.78, 5) is 4.25. The van der Waals surface area contributed by atoms with Crippen LogP contribution in [-0.4, -0.2) is 4.98 Å². The lowest BCUT2D eigenvalue weighted by atomic mass is 9.81. The summed E-state index contributed by atoms with van der Waals surface area (Å²) < 4.78 is 0. The van der Waals surface area contributed by atoms with Crippen molar-refractivity contribution in [3.05, 3.63) is 78.1 Å². The van der Waals surface area contributed by atoms with Crippen LogP contribution in [-0.2, 0) is 10.8 Å². The maximum absolute atomic E-state index is 4.25. The summed E-state index contributed by atoms with van der Waals surface area (Å²) in [5, 5.41) is 2.71. The fourth-order valence-electron chi connectivity index (χ4n) is 3.30. The quantitative estimate of drug-likeness (QED) is 0.309. The van der Waals surface area contributed by atoms with Crippen molar-refractivity contribution in [3.63, 3.8) is 0 Å². The Hall–Kier alpha value is -2.15. The van der Waals surface area contributed by atoms with E-state index in [1.54, 1.807) is 0 Å². The van der Waals surface area contributed by atoms with Crippen molar-refractivity contribution in [1.82, 2.24) is 4.98 Å². The predicted molar refractivity (Wildman–Crippen MR) is 179 cm³/mol. The van der Waals surface area contributed by atoms with E-state index < -0.39 is 0 Å². The average Bonchev–Trinajstić information content (AvgIpc) is 2.91. The number of hydrogen-bond acceptors (Lipinski definition) is 1. The molecule has 0 aliphatic carbocycles. The number of pyridine rings is 1. The van der Waals surface area contributed by atoms with E-state index in [9.17, 15) is 0 Å². The second-order valence-electron chi connectivity index (χ2n) is 11.9. The van der Waals surface area contributed by atoms with Crippen LogP contribution in [0.15, 0.2) is 66.9 Å². The van der Waals surface area contributed by atoms with Crippen LogP contribution in [0.5, 0.6) is 0 Å². The molecule has 0 saturated carbocycles. The second kappa shape index (κ2) is 20.8. The third kappa shape index (κ3) is 16.6. The minimum Gasteiger partial charge on any atom is -0.261 e. The molecular formula is C37H65N. The number of rotatable bonds is 1. The van der Waals surface area contributed by atoms with Gasteiger partial charge >= 0.3 is 0 Å². The predicted octanol–water partition coefficient (Wildman–Crippen LogP) is 12.7. The lowest BCUT2D eigenvalue weighted by molar-refractivity contribution is 0.254. The fourth-order valence-corrected chi connectivity index (χ4v) is 3.30. The van der Waals surface area contributed by atoms with Gasteiger partial charge in [0.25, 0.3) is 0 Å². The zero-order valence-electron chi connectivity index (χ0n) is 28.6. The van der Waals surface area contributed by atoms with Crippen molar-refractivity contribution in [2.24, 2.45) is 11.3 Å². The molecule has 1 unspecified atom stereocenters. The van der Waals surface area contributed by atoms with Gasteiger partial charge in [-0.05, 0) is 45.2 Å². The van der Waals surface area contributed by atoms with E-state index >= 15 is 0 Å². The molecule has 2 aromatic carbocycles. The molecule has 38 heavy (non-hydrogen) atoms. The van der Waals surface area contributed by atoms with E-state index in [4.69, 9.17) is 0 Å². The van der Waals surface area contributed by atoms with Crippen LogP contribution in [0.1, 0.15) is 135 Å². The molecule has 0 radical (unpaired) electrons. The summed E-state index contributed by atoms with van der Waals surface area (Å²) in [6, 6.07) is 21.1. The molecule has 0 N–H and O–H groups in total. The van der Waals surface area contributed by atoms with E-state index in [-0.39, 0.29) is 10.8 Å². The number of hydrogen-bond donors (Lipinski definition) is 0. The Morgan fingerprint density at radius 2 is 1.08 bits per heavy atom. The molecule has 0 fully saturated rings. The maximum atomic E-state index is 4.25. The lowest BCUT2D eigenvalue weighted by Gasteiger charge is -2.25. The summed E-state index contributed by atoms with van der Waals surface area (Å²) in [6.45, 7) is 36.7. The highest BCUT2D eigenvalue weighted by Crippen LogP contribution is 2.29. The minimum atomic E-state index is 0.182. The smallest absolute Gasteiger partial charge is 0.0457 e. The van der Waals surface area contributed by atoms with Crippen molar-refractivity contribution < 1.29 is 0 Å². The Balaban J connectivity index is -0.000000455. The maximum Gasteiger partial charge on any atom is 0.0457 e. The molecule has 1 atom stereocenters. The zero-order chi connectivity index (χ0) is 30.6. The van der Waals surface area contributed by atoms with E-state index in [1.807, 2.05) is 59.9 Å². The largest absolute Gasteiger partial charge is 0.261 e. The Bertz CT molecular complexity index is 913. The Kier molecular flexibility index (Phi) is 22.1. The van der Waals surface area contributed by atoms with Gasteiger partial charge in [-0.25, -0.2) is 0 Å². The second-order valence-corrected chi connectivity index (χ2v) is 11.9. The average molecular weight is 524 g/mol. The van der Waals surface area contributed by atoms with Gasteiger partial charge in [0.15, 0.2) is 0 Å². The van der Waals surface area contributed by atoms with Crippen LogP contribution >= 0.6 is 0 Å². The van der Waals surface area contributed by atoms with E-state index in [1.165, 1.54) is 22.8 Å². The number of fused-ring (bicyclic) bond motifs is 1. The van der Waals surface area contributed by atoms with Gasteiger partial charge in [-0.2, -0.15) is 0 Å². The Morgan fingerprint density at radius 3 is 1.42 bits per heavy atom. The molecule has 3 aromatic rings. The fraction of sp³-hybridized carbons (Fsp3) is 0.595. The van der Waals surface area contributed by atoms with Gasteiger partial charge in [-0.3, -0.25) is 4.98 Å². The molecule has 3 rings (SSSR count). The number of aromatic nitrogens is 1. The van der Waals surface area contributed by atoms with Crippen molar-refractivity contribution in [2.45, 2.75) is 135 Å². The van der Waals surface area contributed by atoms with Crippen molar-refractivity contribution in [1.29, 1.82) is 0 Å². The van der Waals surface area contributed by atoms with Crippen LogP contribution < -0.4 is 0 Å². The first kappa shape index (κ1) is 40.3. The van der Waals surface area contributed by atoms with Crippen molar-refractivity contribution >= 4 is 10.8 Å². The van der Waals surface area contributed by atoms with Crippen LogP contribution in [0.2, 0.25) is 0 Å². The summed E-state index contributed by atoms with van der Waals surface area (Å²) in [7, 11) is 0. The molecule has 0 bridgehead atoms. The van der Waals surface area contributed by atoms with Gasteiger partial charge < -0.3 is 0 Å². The number of benzene rings is 2. The molecule has 1 heteroatoms. The third-order valence-electron chi connectivity index (χ3n) is 6.12. The van der Waals surface area contributed by atoms with Crippen LogP contribution in [0.3, 0.4) is 0 Å². The summed E-state index contributed by atoms with van der Waals surface area (Å²) in [6.07, 6.45) is 3.13. The van der Waals surface area contributed by atoms with E-state index in [0.717, 1.165) is 11.6 Å². The standard InChI is InChI=1S/C14H16.C9H13N.C8H18.3C2H6/c1-14(2,3)13-10-6-8-11-7-4-5-9-12(11)13;1-9(2,3)8-6-4-5-7-10-8;1-6-7(2)8(3,4)5;3*1-2/h4-10H,1-3H3;4-7H,1-3H3;7H,6H2,1-5H3;3*1-2H3. The summed E-state index contributed by atoms with van der Waals surface area (Å²) >= 11 is 0. The zero-order valence-corrected chi connectivity index (χ0v) is 28.6. The summed E-state index contributed by atoms with van der Waals surface area (Å²) in [5.74, 6) is 0.850. The monoisotopic (exact) mass is 524 g/mol. The minimum absolute atomic E-state index is 0.182. The SMILES string of the molecule is CC.CC.CC.CC(C)(C)c1cccc2ccccc12.CC(C)(C)c1ccccn1.CCC(C)C(C)(C)C. The molecule has 1 heterocycles. The van der Waals surface area contributed by atoms with Gasteiger partial charge in [-0.1, -0.05) is 173 Å². The lowest BCUT2D eigenvalue weighted by Crippen LogP contribution is -2.15. The van der Waals surface area contributed by atoms with Crippen LogP contribution in [0.25, 0.3) is 10.8 Å². The molecule has 0 saturated heterocycles. The van der Waals surface area contributed by atoms with E-state index in [2.05, 4.69) is 130 Å². The van der Waals surface area contributed by atoms with Gasteiger partial charge in [0.05, 0.1) is 0 Å². The van der Waals surface area contributed by atoms with Gasteiger partial charge in [0.1, 0.15) is 0 Å². The molecule has 1 aromatic heterocycles. The highest BCUT2D eigenvalue weighted by Gasteiger charge is 2.17. The molecule has 0 amide bonds. The number of nitrogens with zero attached hydrogens (tertiary/aromatic N) is 1. The highest BCUT2D eigenvalue weighted by molar-refractivity contribution is 5.86.